The number of hydrogen-bond acceptors (Lipinski definition) is 3. The predicted octanol–water partition coefficient (Wildman–Crippen LogP) is 3.16. The smallest absolute Gasteiger partial charge is 0.223 e. The van der Waals surface area contributed by atoms with E-state index in [0.29, 0.717) is 30.7 Å². The summed E-state index contributed by atoms with van der Waals surface area (Å²) in [6.07, 6.45) is 5.50. The van der Waals surface area contributed by atoms with Crippen molar-refractivity contribution >= 4 is 5.91 Å². The Morgan fingerprint density at radius 2 is 2.04 bits per heavy atom. The Hall–Kier alpha value is -1.55. The molecular weight excluding hydrogens is 300 g/mol. The summed E-state index contributed by atoms with van der Waals surface area (Å²) in [6.45, 7) is 5.88. The summed E-state index contributed by atoms with van der Waals surface area (Å²) >= 11 is 0. The molecule has 1 heterocycles. The Bertz CT molecular complexity index is 550. The highest BCUT2D eigenvalue weighted by molar-refractivity contribution is 5.76. The number of carbonyl (C=O) groups excluding carboxylic acids is 1. The van der Waals surface area contributed by atoms with Crippen LogP contribution >= 0.6 is 0 Å². The van der Waals surface area contributed by atoms with Gasteiger partial charge < -0.3 is 15.3 Å². The maximum absolute atomic E-state index is 12.9. The molecule has 1 aliphatic carbocycles. The zero-order chi connectivity index (χ0) is 16.9. The van der Waals surface area contributed by atoms with Crippen molar-refractivity contribution in [1.29, 1.82) is 0 Å². The molecule has 24 heavy (non-hydrogen) atoms. The fourth-order valence-electron chi connectivity index (χ4n) is 3.73. The Kier molecular flexibility index (Phi) is 5.77. The molecule has 1 aliphatic heterocycles. The van der Waals surface area contributed by atoms with E-state index in [9.17, 15) is 9.90 Å². The summed E-state index contributed by atoms with van der Waals surface area (Å²) < 4.78 is 0. The van der Waals surface area contributed by atoms with E-state index in [2.05, 4.69) is 12.2 Å². The van der Waals surface area contributed by atoms with Crippen molar-refractivity contribution in [3.8, 4) is 5.75 Å². The van der Waals surface area contributed by atoms with Crippen molar-refractivity contribution in [2.24, 2.45) is 17.8 Å². The third kappa shape index (κ3) is 4.97. The number of nitrogens with one attached hydrogen (secondary N) is 1. The Morgan fingerprint density at radius 1 is 1.29 bits per heavy atom. The minimum Gasteiger partial charge on any atom is -0.508 e. The molecule has 0 spiro atoms. The van der Waals surface area contributed by atoms with Crippen LogP contribution in [-0.2, 0) is 11.3 Å². The summed E-state index contributed by atoms with van der Waals surface area (Å²) in [6, 6.07) is 7.28. The molecule has 1 amide bonds. The number of amides is 1. The third-order valence-corrected chi connectivity index (χ3v) is 5.50. The van der Waals surface area contributed by atoms with Crippen molar-refractivity contribution in [2.75, 3.05) is 19.6 Å². The van der Waals surface area contributed by atoms with Gasteiger partial charge in [-0.05, 0) is 74.2 Å². The van der Waals surface area contributed by atoms with Gasteiger partial charge in [-0.3, -0.25) is 4.79 Å². The first-order chi connectivity index (χ1) is 11.6. The summed E-state index contributed by atoms with van der Waals surface area (Å²) in [7, 11) is 0. The van der Waals surface area contributed by atoms with Gasteiger partial charge in [0.15, 0.2) is 0 Å². The molecule has 1 saturated carbocycles. The Labute approximate surface area is 145 Å². The van der Waals surface area contributed by atoms with Crippen LogP contribution in [-0.4, -0.2) is 35.5 Å². The first kappa shape index (κ1) is 17.3. The molecule has 3 rings (SSSR count). The van der Waals surface area contributed by atoms with Gasteiger partial charge in [-0.25, -0.2) is 0 Å². The second kappa shape index (κ2) is 8.02. The number of piperidine rings is 1. The molecule has 1 aromatic carbocycles. The van der Waals surface area contributed by atoms with Crippen molar-refractivity contribution in [2.45, 2.75) is 45.6 Å². The van der Waals surface area contributed by atoms with Gasteiger partial charge in [0, 0.05) is 19.5 Å². The standard InChI is InChI=1S/C20H30N2O2/c1-15(18-7-9-21-10-8-18)11-20(24)22(13-16-5-6-16)14-17-3-2-4-19(23)12-17/h2-4,12,15-16,18,21,23H,5-11,13-14H2,1H3. The SMILES string of the molecule is CC(CC(=O)N(Cc1cccc(O)c1)CC1CC1)C1CCNCC1. The summed E-state index contributed by atoms with van der Waals surface area (Å²) in [5, 5.41) is 13.1. The molecule has 2 fully saturated rings. The molecule has 4 nitrogen and oxygen atoms in total. The molecule has 0 aromatic heterocycles. The lowest BCUT2D eigenvalue weighted by Crippen LogP contribution is -2.36. The van der Waals surface area contributed by atoms with Gasteiger partial charge in [-0.15, -0.1) is 0 Å². The highest BCUT2D eigenvalue weighted by Crippen LogP contribution is 2.31. The quantitative estimate of drug-likeness (QED) is 0.807. The van der Waals surface area contributed by atoms with Crippen molar-refractivity contribution in [3.05, 3.63) is 29.8 Å². The number of nitrogens with zero attached hydrogens (tertiary/aromatic N) is 1. The van der Waals surface area contributed by atoms with Crippen LogP contribution in [0.2, 0.25) is 0 Å². The maximum Gasteiger partial charge on any atom is 0.223 e. The highest BCUT2D eigenvalue weighted by Gasteiger charge is 2.29. The molecule has 1 aromatic rings. The van der Waals surface area contributed by atoms with Gasteiger partial charge in [0.2, 0.25) is 5.91 Å². The number of aromatic hydroxyl groups is 1. The topological polar surface area (TPSA) is 52.6 Å². The van der Waals surface area contributed by atoms with Gasteiger partial charge in [0.25, 0.3) is 0 Å². The number of hydrogen-bond donors (Lipinski definition) is 2. The largest absolute Gasteiger partial charge is 0.508 e. The normalized spacial score (nSPS) is 19.9. The van der Waals surface area contributed by atoms with Gasteiger partial charge in [-0.2, -0.15) is 0 Å². The fourth-order valence-corrected chi connectivity index (χ4v) is 3.73. The van der Waals surface area contributed by atoms with E-state index >= 15 is 0 Å². The van der Waals surface area contributed by atoms with Crippen LogP contribution in [0.3, 0.4) is 0 Å². The molecule has 1 saturated heterocycles. The molecule has 132 valence electrons. The van der Waals surface area contributed by atoms with Crippen LogP contribution in [0.5, 0.6) is 5.75 Å². The predicted molar refractivity (Wildman–Crippen MR) is 95.6 cm³/mol. The van der Waals surface area contributed by atoms with Gasteiger partial charge >= 0.3 is 0 Å². The monoisotopic (exact) mass is 330 g/mol. The molecule has 1 atom stereocenters. The zero-order valence-electron chi connectivity index (χ0n) is 14.7. The average Bonchev–Trinajstić information content (AvgIpc) is 3.39. The summed E-state index contributed by atoms with van der Waals surface area (Å²) in [5.41, 5.74) is 1.01. The Morgan fingerprint density at radius 3 is 2.71 bits per heavy atom. The second-order valence-electron chi connectivity index (χ2n) is 7.66. The summed E-state index contributed by atoms with van der Waals surface area (Å²) in [4.78, 5) is 14.9. The third-order valence-electron chi connectivity index (χ3n) is 5.50. The maximum atomic E-state index is 12.9. The first-order valence-corrected chi connectivity index (χ1v) is 9.38. The molecule has 1 unspecified atom stereocenters. The van der Waals surface area contributed by atoms with E-state index in [4.69, 9.17) is 0 Å². The lowest BCUT2D eigenvalue weighted by atomic mass is 9.84. The van der Waals surface area contributed by atoms with Crippen LogP contribution in [0.25, 0.3) is 0 Å². The molecule has 4 heteroatoms. The van der Waals surface area contributed by atoms with Gasteiger partial charge in [0.1, 0.15) is 5.75 Å². The van der Waals surface area contributed by atoms with E-state index in [0.717, 1.165) is 25.2 Å². The average molecular weight is 330 g/mol. The van der Waals surface area contributed by atoms with E-state index in [1.165, 1.54) is 25.7 Å². The van der Waals surface area contributed by atoms with Crippen molar-refractivity contribution in [3.63, 3.8) is 0 Å². The molecule has 0 radical (unpaired) electrons. The van der Waals surface area contributed by atoms with Gasteiger partial charge in [0.05, 0.1) is 0 Å². The lowest BCUT2D eigenvalue weighted by molar-refractivity contribution is -0.133. The van der Waals surface area contributed by atoms with E-state index in [1.807, 2.05) is 17.0 Å². The molecule has 0 bridgehead atoms. The first-order valence-electron chi connectivity index (χ1n) is 9.38. The Balaban J connectivity index is 1.60. The number of rotatable bonds is 7. The fraction of sp³-hybridized carbons (Fsp3) is 0.650. The van der Waals surface area contributed by atoms with E-state index in [1.54, 1.807) is 12.1 Å². The number of phenolic OH excluding ortho intramolecular Hbond substituents is 1. The van der Waals surface area contributed by atoms with Crippen molar-refractivity contribution < 1.29 is 9.90 Å². The van der Waals surface area contributed by atoms with Crippen LogP contribution < -0.4 is 5.32 Å². The van der Waals surface area contributed by atoms with Crippen molar-refractivity contribution in [1.82, 2.24) is 10.2 Å². The molecular formula is C20H30N2O2. The second-order valence-corrected chi connectivity index (χ2v) is 7.66. The van der Waals surface area contributed by atoms with Crippen LogP contribution in [0.1, 0.15) is 44.6 Å². The number of carbonyl (C=O) groups is 1. The van der Waals surface area contributed by atoms with Crippen LogP contribution in [0.4, 0.5) is 0 Å². The molecule has 2 aliphatic rings. The molecule has 2 N–H and O–H groups in total. The van der Waals surface area contributed by atoms with Crippen LogP contribution in [0.15, 0.2) is 24.3 Å². The highest BCUT2D eigenvalue weighted by atomic mass is 16.3. The minimum absolute atomic E-state index is 0.273. The van der Waals surface area contributed by atoms with Gasteiger partial charge in [-0.1, -0.05) is 19.1 Å². The number of phenols is 1. The lowest BCUT2D eigenvalue weighted by Gasteiger charge is -2.30. The van der Waals surface area contributed by atoms with E-state index < -0.39 is 0 Å². The number of benzene rings is 1. The van der Waals surface area contributed by atoms with Crippen LogP contribution in [0, 0.1) is 17.8 Å². The summed E-state index contributed by atoms with van der Waals surface area (Å²) in [5.74, 6) is 2.34. The zero-order valence-corrected chi connectivity index (χ0v) is 14.7. The minimum atomic E-state index is 0.273. The van der Waals surface area contributed by atoms with E-state index in [-0.39, 0.29) is 11.7 Å².